The molecule has 0 saturated carbocycles. The maximum atomic E-state index is 12.3. The Morgan fingerprint density at radius 3 is 2.89 bits per heavy atom. The molecule has 2 aliphatic heterocycles. The van der Waals surface area contributed by atoms with Gasteiger partial charge in [0.15, 0.2) is 0 Å². The quantitative estimate of drug-likeness (QED) is 0.831. The van der Waals surface area contributed by atoms with Gasteiger partial charge < -0.3 is 4.74 Å². The highest BCUT2D eigenvalue weighted by atomic mass is 79.9. The van der Waals surface area contributed by atoms with Crippen LogP contribution >= 0.6 is 27.5 Å². The van der Waals surface area contributed by atoms with Crippen molar-refractivity contribution in [2.24, 2.45) is 0 Å². The van der Waals surface area contributed by atoms with Gasteiger partial charge in [0.05, 0.1) is 18.2 Å². The number of nitrogens with one attached hydrogen (secondary N) is 1. The van der Waals surface area contributed by atoms with Crippen molar-refractivity contribution in [3.8, 4) is 0 Å². The first-order valence-electron chi connectivity index (χ1n) is 5.94. The number of hydrogen-bond donors (Lipinski definition) is 1. The van der Waals surface area contributed by atoms with Crippen LogP contribution in [0.25, 0.3) is 0 Å². The molecule has 1 N–H and O–H groups in total. The largest absolute Gasteiger partial charge is 0.373 e. The predicted molar refractivity (Wildman–Crippen MR) is 73.6 cm³/mol. The summed E-state index contributed by atoms with van der Waals surface area (Å²) in [5.41, 5.74) is 0. The van der Waals surface area contributed by atoms with Crippen molar-refractivity contribution >= 4 is 37.6 Å². The normalized spacial score (nSPS) is 29.9. The van der Waals surface area contributed by atoms with Gasteiger partial charge in [-0.3, -0.25) is 0 Å². The van der Waals surface area contributed by atoms with E-state index in [1.54, 1.807) is 0 Å². The van der Waals surface area contributed by atoms with Crippen LogP contribution in [0.4, 0.5) is 0 Å². The highest BCUT2D eigenvalue weighted by Crippen LogP contribution is 2.35. The molecule has 3 rings (SSSR count). The van der Waals surface area contributed by atoms with Gasteiger partial charge in [-0.2, -0.15) is 0 Å². The summed E-state index contributed by atoms with van der Waals surface area (Å²) in [5, 5.41) is -0.0280. The average Bonchev–Trinajstić information content (AvgIpc) is 2.93. The van der Waals surface area contributed by atoms with E-state index in [1.165, 1.54) is 12.3 Å². The first kappa shape index (κ1) is 13.8. The lowest BCUT2D eigenvalue weighted by Gasteiger charge is -2.20. The number of pyridine rings is 1. The lowest BCUT2D eigenvalue weighted by atomic mass is 9.96. The second-order valence-corrected chi connectivity index (χ2v) is 7.74. The Bertz CT molecular complexity index is 610. The lowest BCUT2D eigenvalue weighted by molar-refractivity contribution is 0.0996. The van der Waals surface area contributed by atoms with E-state index in [1.807, 2.05) is 0 Å². The van der Waals surface area contributed by atoms with E-state index in [9.17, 15) is 8.42 Å². The molecule has 8 heteroatoms. The van der Waals surface area contributed by atoms with Gasteiger partial charge in [-0.1, -0.05) is 11.6 Å². The molecular weight excluding hydrogens is 356 g/mol. The Morgan fingerprint density at radius 2 is 2.26 bits per heavy atom. The Labute approximate surface area is 124 Å². The van der Waals surface area contributed by atoms with Gasteiger partial charge >= 0.3 is 0 Å². The molecule has 2 aliphatic rings. The van der Waals surface area contributed by atoms with Gasteiger partial charge in [-0.15, -0.1) is 0 Å². The summed E-state index contributed by atoms with van der Waals surface area (Å²) in [6.07, 6.45) is 4.28. The number of aromatic nitrogens is 1. The van der Waals surface area contributed by atoms with E-state index in [-0.39, 0.29) is 28.3 Å². The molecule has 1 aromatic rings. The molecule has 2 saturated heterocycles. The summed E-state index contributed by atoms with van der Waals surface area (Å²) < 4.78 is 33.5. The molecule has 0 aliphatic carbocycles. The molecule has 2 bridgehead atoms. The van der Waals surface area contributed by atoms with Crippen LogP contribution in [0.2, 0.25) is 5.15 Å². The predicted octanol–water partition coefficient (Wildman–Crippen LogP) is 2.10. The fourth-order valence-corrected chi connectivity index (χ4v) is 4.84. The van der Waals surface area contributed by atoms with E-state index in [0.29, 0.717) is 4.47 Å². The second-order valence-electron chi connectivity index (χ2n) is 4.78. The first-order chi connectivity index (χ1) is 8.95. The molecule has 0 aromatic carbocycles. The molecule has 3 unspecified atom stereocenters. The first-order valence-corrected chi connectivity index (χ1v) is 8.60. The Balaban J connectivity index is 1.85. The summed E-state index contributed by atoms with van der Waals surface area (Å²) in [7, 11) is -3.67. The van der Waals surface area contributed by atoms with Crippen LogP contribution in [0, 0.1) is 0 Å². The van der Waals surface area contributed by atoms with Crippen molar-refractivity contribution in [3.05, 3.63) is 21.9 Å². The van der Waals surface area contributed by atoms with E-state index in [2.05, 4.69) is 25.6 Å². The lowest BCUT2D eigenvalue weighted by Crippen LogP contribution is -2.41. The van der Waals surface area contributed by atoms with Crippen LogP contribution < -0.4 is 4.72 Å². The van der Waals surface area contributed by atoms with Crippen LogP contribution in [0.3, 0.4) is 0 Å². The molecule has 0 spiro atoms. The zero-order valence-electron chi connectivity index (χ0n) is 9.84. The number of hydrogen-bond acceptors (Lipinski definition) is 4. The maximum absolute atomic E-state index is 12.3. The van der Waals surface area contributed by atoms with E-state index in [0.717, 1.165) is 19.3 Å². The van der Waals surface area contributed by atoms with E-state index >= 15 is 0 Å². The zero-order chi connectivity index (χ0) is 13.6. The second kappa shape index (κ2) is 4.96. The minimum atomic E-state index is -3.67. The fraction of sp³-hybridized carbons (Fsp3) is 0.545. The molecular formula is C11H12BrClN2O3S. The summed E-state index contributed by atoms with van der Waals surface area (Å²) in [4.78, 5) is 3.83. The molecule has 3 atom stereocenters. The van der Waals surface area contributed by atoms with Gasteiger partial charge in [-0.05, 0) is 41.3 Å². The fourth-order valence-electron chi connectivity index (χ4n) is 2.62. The third-order valence-electron chi connectivity index (χ3n) is 3.48. The van der Waals surface area contributed by atoms with Crippen molar-refractivity contribution in [2.45, 2.75) is 42.4 Å². The number of halogens is 2. The van der Waals surface area contributed by atoms with Gasteiger partial charge in [0.25, 0.3) is 0 Å². The summed E-state index contributed by atoms with van der Waals surface area (Å²) >= 11 is 9.06. The minimum absolute atomic E-state index is 0.00804. The molecule has 104 valence electrons. The Hall–Kier alpha value is -0.210. The van der Waals surface area contributed by atoms with E-state index in [4.69, 9.17) is 16.3 Å². The SMILES string of the molecule is O=S(=O)(NC1CC2CCC1O2)c1cc(Br)cnc1Cl. The van der Waals surface area contributed by atoms with Crippen LogP contribution in [0.15, 0.2) is 21.6 Å². The van der Waals surface area contributed by atoms with Crippen molar-refractivity contribution in [2.75, 3.05) is 0 Å². The van der Waals surface area contributed by atoms with Crippen LogP contribution in [-0.2, 0) is 14.8 Å². The van der Waals surface area contributed by atoms with Crippen LogP contribution in [-0.4, -0.2) is 31.7 Å². The standard InChI is InChI=1S/C11H12BrClN2O3S/c12-6-3-10(11(13)14-5-6)19(16,17)15-8-4-7-1-2-9(8)18-7/h3,5,7-9,15H,1-2,4H2. The third-order valence-corrected chi connectivity index (χ3v) is 5.83. The molecule has 1 aromatic heterocycles. The molecule has 2 fully saturated rings. The summed E-state index contributed by atoms with van der Waals surface area (Å²) in [6, 6.07) is 1.28. The topological polar surface area (TPSA) is 68.3 Å². The molecule has 5 nitrogen and oxygen atoms in total. The molecule has 3 heterocycles. The van der Waals surface area contributed by atoms with Crippen molar-refractivity contribution in [1.82, 2.24) is 9.71 Å². The summed E-state index contributed by atoms with van der Waals surface area (Å²) in [5.74, 6) is 0. The Morgan fingerprint density at radius 1 is 1.47 bits per heavy atom. The van der Waals surface area contributed by atoms with Crippen LogP contribution in [0.5, 0.6) is 0 Å². The average molecular weight is 368 g/mol. The number of sulfonamides is 1. The van der Waals surface area contributed by atoms with Gasteiger partial charge in [0.2, 0.25) is 10.0 Å². The van der Waals surface area contributed by atoms with Crippen LogP contribution in [0.1, 0.15) is 19.3 Å². The number of nitrogens with zero attached hydrogens (tertiary/aromatic N) is 1. The number of fused-ring (bicyclic) bond motifs is 2. The highest BCUT2D eigenvalue weighted by molar-refractivity contribution is 9.10. The minimum Gasteiger partial charge on any atom is -0.373 e. The maximum Gasteiger partial charge on any atom is 0.244 e. The van der Waals surface area contributed by atoms with Gasteiger partial charge in [0.1, 0.15) is 10.0 Å². The van der Waals surface area contributed by atoms with Gasteiger partial charge in [0, 0.05) is 10.7 Å². The number of rotatable bonds is 3. The number of ether oxygens (including phenoxy) is 1. The molecule has 0 radical (unpaired) electrons. The van der Waals surface area contributed by atoms with E-state index < -0.39 is 10.0 Å². The smallest absolute Gasteiger partial charge is 0.244 e. The highest BCUT2D eigenvalue weighted by Gasteiger charge is 2.42. The van der Waals surface area contributed by atoms with Crippen molar-refractivity contribution in [3.63, 3.8) is 0 Å². The molecule has 19 heavy (non-hydrogen) atoms. The monoisotopic (exact) mass is 366 g/mol. The van der Waals surface area contributed by atoms with Crippen molar-refractivity contribution < 1.29 is 13.2 Å². The Kier molecular flexibility index (Phi) is 3.59. The van der Waals surface area contributed by atoms with Gasteiger partial charge in [-0.25, -0.2) is 18.1 Å². The summed E-state index contributed by atoms with van der Waals surface area (Å²) in [6.45, 7) is 0. The third kappa shape index (κ3) is 2.67. The van der Waals surface area contributed by atoms with Crippen molar-refractivity contribution in [1.29, 1.82) is 0 Å². The molecule has 0 amide bonds. The zero-order valence-corrected chi connectivity index (χ0v) is 13.0.